The zero-order valence-electron chi connectivity index (χ0n) is 6.41. The Labute approximate surface area is 66.0 Å². The van der Waals surface area contributed by atoms with E-state index in [0.29, 0.717) is 12.2 Å². The second-order valence-corrected chi connectivity index (χ2v) is 2.54. The van der Waals surface area contributed by atoms with Gasteiger partial charge in [0.25, 0.3) is 6.47 Å². The molecule has 0 N–H and O–H groups in total. The average Bonchev–Trinajstić information content (AvgIpc) is 2.07. The quantitative estimate of drug-likeness (QED) is 0.455. The molecule has 1 heterocycles. The summed E-state index contributed by atoms with van der Waals surface area (Å²) in [5.41, 5.74) is 0. The van der Waals surface area contributed by atoms with Crippen molar-refractivity contribution in [2.24, 2.45) is 0 Å². The van der Waals surface area contributed by atoms with Gasteiger partial charge in [-0.05, 0) is 19.3 Å². The molecule has 0 spiro atoms. The second-order valence-electron chi connectivity index (χ2n) is 2.54. The standard InChI is InChI=1S/C8H12O3/c1-7(11-6-9)8-4-2-3-5-10-8/h6,8H,1-5H2. The monoisotopic (exact) mass is 156 g/mol. The second kappa shape index (κ2) is 4.13. The molecule has 1 fully saturated rings. The molecule has 0 radical (unpaired) electrons. The van der Waals surface area contributed by atoms with E-state index in [1.54, 1.807) is 0 Å². The minimum absolute atomic E-state index is 0.0750. The van der Waals surface area contributed by atoms with Gasteiger partial charge in [0, 0.05) is 6.61 Å². The molecule has 0 aliphatic carbocycles. The molecule has 3 nitrogen and oxygen atoms in total. The Hall–Kier alpha value is -0.830. The molecule has 1 aliphatic heterocycles. The number of carbonyl (C=O) groups is 1. The van der Waals surface area contributed by atoms with E-state index < -0.39 is 0 Å². The minimum atomic E-state index is -0.0750. The maximum atomic E-state index is 9.92. The fourth-order valence-electron chi connectivity index (χ4n) is 1.13. The van der Waals surface area contributed by atoms with Crippen molar-refractivity contribution in [1.82, 2.24) is 0 Å². The summed E-state index contributed by atoms with van der Waals surface area (Å²) in [5.74, 6) is 0.430. The van der Waals surface area contributed by atoms with Gasteiger partial charge in [0.05, 0.1) is 0 Å². The lowest BCUT2D eigenvalue weighted by molar-refractivity contribution is -0.127. The fraction of sp³-hybridized carbons (Fsp3) is 0.625. The molecule has 0 bridgehead atoms. The number of carbonyl (C=O) groups excluding carboxylic acids is 1. The van der Waals surface area contributed by atoms with Gasteiger partial charge in [0.15, 0.2) is 0 Å². The first kappa shape index (κ1) is 8.27. The van der Waals surface area contributed by atoms with Crippen LogP contribution in [-0.4, -0.2) is 19.2 Å². The highest BCUT2D eigenvalue weighted by atomic mass is 16.6. The van der Waals surface area contributed by atoms with E-state index in [4.69, 9.17) is 4.74 Å². The molecule has 0 saturated carbocycles. The van der Waals surface area contributed by atoms with Crippen LogP contribution >= 0.6 is 0 Å². The third kappa shape index (κ3) is 2.35. The van der Waals surface area contributed by atoms with Gasteiger partial charge in [-0.25, -0.2) is 0 Å². The van der Waals surface area contributed by atoms with E-state index in [0.717, 1.165) is 25.9 Å². The fourth-order valence-corrected chi connectivity index (χ4v) is 1.13. The summed E-state index contributed by atoms with van der Waals surface area (Å²) in [6, 6.07) is 0. The number of hydrogen-bond acceptors (Lipinski definition) is 3. The zero-order chi connectivity index (χ0) is 8.10. The van der Waals surface area contributed by atoms with Crippen molar-refractivity contribution in [2.75, 3.05) is 6.61 Å². The van der Waals surface area contributed by atoms with Gasteiger partial charge in [-0.3, -0.25) is 4.79 Å². The molecular weight excluding hydrogens is 144 g/mol. The van der Waals surface area contributed by atoms with Crippen LogP contribution in [0.3, 0.4) is 0 Å². The Morgan fingerprint density at radius 1 is 1.64 bits per heavy atom. The molecule has 1 unspecified atom stereocenters. The summed E-state index contributed by atoms with van der Waals surface area (Å²) in [7, 11) is 0. The molecule has 1 rings (SSSR count). The molecule has 11 heavy (non-hydrogen) atoms. The van der Waals surface area contributed by atoms with Gasteiger partial charge in [-0.1, -0.05) is 6.58 Å². The first-order chi connectivity index (χ1) is 5.34. The lowest BCUT2D eigenvalue weighted by Gasteiger charge is -2.22. The van der Waals surface area contributed by atoms with Crippen LogP contribution < -0.4 is 0 Å². The Balaban J connectivity index is 2.32. The Morgan fingerprint density at radius 2 is 2.45 bits per heavy atom. The molecule has 0 amide bonds. The summed E-state index contributed by atoms with van der Waals surface area (Å²) >= 11 is 0. The highest BCUT2D eigenvalue weighted by molar-refractivity contribution is 5.39. The van der Waals surface area contributed by atoms with Gasteiger partial charge >= 0.3 is 0 Å². The molecule has 3 heteroatoms. The van der Waals surface area contributed by atoms with Crippen LogP contribution in [0.5, 0.6) is 0 Å². The number of hydrogen-bond donors (Lipinski definition) is 0. The van der Waals surface area contributed by atoms with Crippen molar-refractivity contribution in [3.8, 4) is 0 Å². The van der Waals surface area contributed by atoms with E-state index in [2.05, 4.69) is 11.3 Å². The Bertz CT molecular complexity index is 147. The van der Waals surface area contributed by atoms with E-state index in [9.17, 15) is 4.79 Å². The summed E-state index contributed by atoms with van der Waals surface area (Å²) in [5, 5.41) is 0. The molecule has 1 saturated heterocycles. The van der Waals surface area contributed by atoms with E-state index in [1.165, 1.54) is 0 Å². The van der Waals surface area contributed by atoms with E-state index in [-0.39, 0.29) is 6.10 Å². The highest BCUT2D eigenvalue weighted by Gasteiger charge is 2.17. The average molecular weight is 156 g/mol. The normalized spacial score (nSPS) is 24.2. The molecule has 1 atom stereocenters. The summed E-state index contributed by atoms with van der Waals surface area (Å²) < 4.78 is 9.89. The van der Waals surface area contributed by atoms with E-state index >= 15 is 0 Å². The maximum Gasteiger partial charge on any atom is 0.298 e. The molecule has 62 valence electrons. The van der Waals surface area contributed by atoms with Gasteiger partial charge < -0.3 is 9.47 Å². The van der Waals surface area contributed by atoms with E-state index in [1.807, 2.05) is 0 Å². The molecule has 0 aromatic rings. The summed E-state index contributed by atoms with van der Waals surface area (Å²) in [6.07, 6.45) is 3.04. The van der Waals surface area contributed by atoms with Crippen molar-refractivity contribution in [1.29, 1.82) is 0 Å². The Morgan fingerprint density at radius 3 is 3.00 bits per heavy atom. The smallest absolute Gasteiger partial charge is 0.298 e. The summed E-state index contributed by atoms with van der Waals surface area (Å²) in [6.45, 7) is 4.72. The van der Waals surface area contributed by atoms with Crippen LogP contribution in [0.25, 0.3) is 0 Å². The number of rotatable bonds is 3. The first-order valence-corrected chi connectivity index (χ1v) is 3.75. The van der Waals surface area contributed by atoms with Crippen LogP contribution in [0, 0.1) is 0 Å². The topological polar surface area (TPSA) is 35.5 Å². The van der Waals surface area contributed by atoms with Crippen LogP contribution in [0.1, 0.15) is 19.3 Å². The van der Waals surface area contributed by atoms with Gasteiger partial charge in [0.1, 0.15) is 11.9 Å². The lowest BCUT2D eigenvalue weighted by Crippen LogP contribution is -2.21. The predicted molar refractivity (Wildman–Crippen MR) is 39.9 cm³/mol. The van der Waals surface area contributed by atoms with Crippen LogP contribution in [0.2, 0.25) is 0 Å². The Kier molecular flexibility index (Phi) is 3.11. The molecule has 0 aromatic carbocycles. The highest BCUT2D eigenvalue weighted by Crippen LogP contribution is 2.18. The third-order valence-corrected chi connectivity index (χ3v) is 1.74. The van der Waals surface area contributed by atoms with Crippen molar-refractivity contribution in [2.45, 2.75) is 25.4 Å². The van der Waals surface area contributed by atoms with Gasteiger partial charge in [0.2, 0.25) is 0 Å². The van der Waals surface area contributed by atoms with Crippen molar-refractivity contribution < 1.29 is 14.3 Å². The van der Waals surface area contributed by atoms with Crippen LogP contribution in [-0.2, 0) is 14.3 Å². The SMILES string of the molecule is C=C(OC=O)C1CCCCO1. The summed E-state index contributed by atoms with van der Waals surface area (Å²) in [4.78, 5) is 9.92. The third-order valence-electron chi connectivity index (χ3n) is 1.74. The zero-order valence-corrected chi connectivity index (χ0v) is 6.41. The maximum absolute atomic E-state index is 9.92. The van der Waals surface area contributed by atoms with Crippen LogP contribution in [0.4, 0.5) is 0 Å². The van der Waals surface area contributed by atoms with Crippen molar-refractivity contribution >= 4 is 6.47 Å². The van der Waals surface area contributed by atoms with Gasteiger partial charge in [-0.15, -0.1) is 0 Å². The molecule has 1 aliphatic rings. The van der Waals surface area contributed by atoms with Crippen LogP contribution in [0.15, 0.2) is 12.3 Å². The lowest BCUT2D eigenvalue weighted by atomic mass is 10.1. The minimum Gasteiger partial charge on any atom is -0.431 e. The largest absolute Gasteiger partial charge is 0.431 e. The predicted octanol–water partition coefficient (Wildman–Crippen LogP) is 1.24. The van der Waals surface area contributed by atoms with Gasteiger partial charge in [-0.2, -0.15) is 0 Å². The van der Waals surface area contributed by atoms with Crippen molar-refractivity contribution in [3.05, 3.63) is 12.3 Å². The molecular formula is C8H12O3. The molecule has 0 aromatic heterocycles. The van der Waals surface area contributed by atoms with Crippen molar-refractivity contribution in [3.63, 3.8) is 0 Å². The first-order valence-electron chi connectivity index (χ1n) is 3.75. The number of ether oxygens (including phenoxy) is 2.